The van der Waals surface area contributed by atoms with Crippen LogP contribution < -0.4 is 10.1 Å². The molecular weight excluding hydrogens is 346 g/mol. The zero-order valence-electron chi connectivity index (χ0n) is 14.6. The van der Waals surface area contributed by atoms with Crippen molar-refractivity contribution in [3.8, 4) is 5.75 Å². The minimum Gasteiger partial charge on any atom is -0.492 e. The molecule has 1 aliphatic rings. The Labute approximate surface area is 147 Å². The molecule has 0 aliphatic carbocycles. The van der Waals surface area contributed by atoms with Gasteiger partial charge in [0.25, 0.3) is 5.91 Å². The van der Waals surface area contributed by atoms with Gasteiger partial charge in [-0.3, -0.25) is 9.69 Å². The third-order valence-corrected chi connectivity index (χ3v) is 5.70. The predicted molar refractivity (Wildman–Crippen MR) is 91.8 cm³/mol. The highest BCUT2D eigenvalue weighted by Gasteiger charge is 2.36. The van der Waals surface area contributed by atoms with Crippen LogP contribution >= 0.6 is 0 Å². The normalized spacial score (nSPS) is 17.9. The average molecular weight is 369 g/mol. The fourth-order valence-corrected chi connectivity index (χ4v) is 3.35. The van der Waals surface area contributed by atoms with Crippen LogP contribution in [0.3, 0.4) is 0 Å². The van der Waals surface area contributed by atoms with Crippen molar-refractivity contribution in [1.29, 1.82) is 0 Å². The van der Waals surface area contributed by atoms with Gasteiger partial charge in [-0.15, -0.1) is 0 Å². The summed E-state index contributed by atoms with van der Waals surface area (Å²) in [5.41, 5.74) is 0. The molecule has 1 aromatic carbocycles. The highest BCUT2D eigenvalue weighted by atomic mass is 32.2. The van der Waals surface area contributed by atoms with Gasteiger partial charge >= 0.3 is 6.03 Å². The van der Waals surface area contributed by atoms with Gasteiger partial charge in [0.1, 0.15) is 18.4 Å². The molecule has 0 bridgehead atoms. The van der Waals surface area contributed by atoms with Gasteiger partial charge in [-0.05, 0) is 30.7 Å². The van der Waals surface area contributed by atoms with Crippen LogP contribution in [0.15, 0.2) is 29.2 Å². The third kappa shape index (κ3) is 4.29. The van der Waals surface area contributed by atoms with Crippen LogP contribution in [0.4, 0.5) is 4.79 Å². The van der Waals surface area contributed by atoms with Gasteiger partial charge in [0.15, 0.2) is 0 Å². The van der Waals surface area contributed by atoms with Gasteiger partial charge in [0.05, 0.1) is 11.4 Å². The lowest BCUT2D eigenvalue weighted by atomic mass is 10.2. The smallest absolute Gasteiger partial charge is 0.324 e. The van der Waals surface area contributed by atoms with E-state index in [2.05, 4.69) is 5.32 Å². The van der Waals surface area contributed by atoms with Crippen molar-refractivity contribution < 1.29 is 22.7 Å². The lowest BCUT2D eigenvalue weighted by Crippen LogP contribution is -2.35. The maximum Gasteiger partial charge on any atom is 0.324 e. The van der Waals surface area contributed by atoms with Gasteiger partial charge in [-0.1, -0.05) is 13.3 Å². The number of ether oxygens (including phenoxy) is 1. The van der Waals surface area contributed by atoms with Crippen molar-refractivity contribution in [3.63, 3.8) is 0 Å². The second kappa shape index (κ2) is 7.83. The zero-order valence-corrected chi connectivity index (χ0v) is 15.4. The van der Waals surface area contributed by atoms with Crippen molar-refractivity contribution in [2.45, 2.75) is 30.7 Å². The average Bonchev–Trinajstić information content (AvgIpc) is 2.83. The lowest BCUT2D eigenvalue weighted by molar-refractivity contribution is -0.127. The summed E-state index contributed by atoms with van der Waals surface area (Å²) in [4.78, 5) is 25.2. The number of hydrogen-bond donors (Lipinski definition) is 1. The molecule has 1 aromatic rings. The molecule has 0 spiro atoms. The number of carbonyl (C=O) groups is 2. The predicted octanol–water partition coefficient (Wildman–Crippen LogP) is 1.04. The van der Waals surface area contributed by atoms with Crippen LogP contribution in [0.2, 0.25) is 0 Å². The molecule has 1 atom stereocenters. The van der Waals surface area contributed by atoms with E-state index >= 15 is 0 Å². The molecule has 2 rings (SSSR count). The Kier molecular flexibility index (Phi) is 6.02. The first-order valence-corrected chi connectivity index (χ1v) is 9.48. The Hall–Kier alpha value is -2.13. The number of nitrogens with one attached hydrogen (secondary N) is 1. The van der Waals surface area contributed by atoms with Crippen LogP contribution in [-0.4, -0.2) is 62.9 Å². The molecule has 25 heavy (non-hydrogen) atoms. The summed E-state index contributed by atoms with van der Waals surface area (Å²) in [7, 11) is -0.558. The number of hydrogen-bond acceptors (Lipinski definition) is 5. The van der Waals surface area contributed by atoms with E-state index in [4.69, 9.17) is 4.74 Å². The highest BCUT2D eigenvalue weighted by Crippen LogP contribution is 2.18. The second-order valence-electron chi connectivity index (χ2n) is 5.89. The summed E-state index contributed by atoms with van der Waals surface area (Å²) in [6.45, 7) is 2.23. The van der Waals surface area contributed by atoms with E-state index in [1.807, 2.05) is 6.92 Å². The second-order valence-corrected chi connectivity index (χ2v) is 8.04. The maximum absolute atomic E-state index is 12.1. The van der Waals surface area contributed by atoms with E-state index in [0.717, 1.165) is 15.6 Å². The number of rotatable bonds is 8. The molecule has 0 radical (unpaired) electrons. The third-order valence-electron chi connectivity index (χ3n) is 3.87. The molecule has 138 valence electrons. The molecule has 1 fully saturated rings. The summed E-state index contributed by atoms with van der Waals surface area (Å²) in [5, 5.41) is 2.65. The minimum atomic E-state index is -3.48. The fourth-order valence-electron chi connectivity index (χ4n) is 2.45. The van der Waals surface area contributed by atoms with Crippen LogP contribution in [0, 0.1) is 0 Å². The van der Waals surface area contributed by atoms with E-state index in [1.54, 1.807) is 12.1 Å². The quantitative estimate of drug-likeness (QED) is 0.691. The summed E-state index contributed by atoms with van der Waals surface area (Å²) >= 11 is 0. The molecule has 8 nitrogen and oxygen atoms in total. The van der Waals surface area contributed by atoms with Gasteiger partial charge in [-0.2, -0.15) is 0 Å². The number of benzene rings is 1. The number of sulfonamides is 1. The zero-order chi connectivity index (χ0) is 18.6. The molecule has 1 heterocycles. The van der Waals surface area contributed by atoms with Gasteiger partial charge in [0, 0.05) is 14.1 Å². The molecule has 0 saturated carbocycles. The van der Waals surface area contributed by atoms with Crippen LogP contribution in [0.5, 0.6) is 5.75 Å². The van der Waals surface area contributed by atoms with Crippen LogP contribution in [0.25, 0.3) is 0 Å². The molecule has 9 heteroatoms. The van der Waals surface area contributed by atoms with E-state index in [-0.39, 0.29) is 24.0 Å². The number of carbonyl (C=O) groups excluding carboxylic acids is 2. The largest absolute Gasteiger partial charge is 0.492 e. The van der Waals surface area contributed by atoms with Crippen LogP contribution in [-0.2, 0) is 14.8 Å². The first-order valence-electron chi connectivity index (χ1n) is 8.04. The van der Waals surface area contributed by atoms with E-state index in [1.165, 1.54) is 26.2 Å². The minimum absolute atomic E-state index is 0.137. The number of urea groups is 1. The Morgan fingerprint density at radius 3 is 2.40 bits per heavy atom. The summed E-state index contributed by atoms with van der Waals surface area (Å²) in [6, 6.07) is 5.14. The Morgan fingerprint density at radius 1 is 1.20 bits per heavy atom. The molecule has 1 N–H and O–H groups in total. The standard InChI is InChI=1S/C16H23N3O5S/c1-4-5-14-15(20)19(16(21)17-14)10-11-24-12-6-8-13(9-7-12)25(22,23)18(2)3/h6-9,14H,4-5,10-11H2,1-3H3,(H,17,21)/t14-/m1/s1. The van der Waals surface area contributed by atoms with E-state index in [0.29, 0.717) is 12.2 Å². The summed E-state index contributed by atoms with van der Waals surface area (Å²) in [6.07, 6.45) is 1.42. The number of imide groups is 1. The monoisotopic (exact) mass is 369 g/mol. The molecule has 0 unspecified atom stereocenters. The van der Waals surface area contributed by atoms with Crippen molar-refractivity contribution in [2.75, 3.05) is 27.2 Å². The van der Waals surface area contributed by atoms with Gasteiger partial charge in [0.2, 0.25) is 10.0 Å². The Balaban J connectivity index is 1.90. The Morgan fingerprint density at radius 2 is 1.84 bits per heavy atom. The van der Waals surface area contributed by atoms with Gasteiger partial charge < -0.3 is 10.1 Å². The fraction of sp³-hybridized carbons (Fsp3) is 0.500. The highest BCUT2D eigenvalue weighted by molar-refractivity contribution is 7.89. The first kappa shape index (κ1) is 19.2. The van der Waals surface area contributed by atoms with E-state index in [9.17, 15) is 18.0 Å². The van der Waals surface area contributed by atoms with Crippen LogP contribution in [0.1, 0.15) is 19.8 Å². The molecule has 3 amide bonds. The van der Waals surface area contributed by atoms with Crippen molar-refractivity contribution in [3.05, 3.63) is 24.3 Å². The molecular formula is C16H23N3O5S. The summed E-state index contributed by atoms with van der Waals surface area (Å²) < 4.78 is 30.6. The Bertz CT molecular complexity index is 731. The lowest BCUT2D eigenvalue weighted by Gasteiger charge is -2.14. The molecule has 1 aliphatic heterocycles. The maximum atomic E-state index is 12.1. The van der Waals surface area contributed by atoms with Crippen molar-refractivity contribution >= 4 is 22.0 Å². The first-order chi connectivity index (χ1) is 11.8. The van der Waals surface area contributed by atoms with E-state index < -0.39 is 22.1 Å². The number of amides is 3. The van der Waals surface area contributed by atoms with Crippen molar-refractivity contribution in [2.24, 2.45) is 0 Å². The summed E-state index contributed by atoms with van der Waals surface area (Å²) in [5.74, 6) is 0.234. The molecule has 0 aromatic heterocycles. The van der Waals surface area contributed by atoms with Gasteiger partial charge in [-0.25, -0.2) is 17.5 Å². The molecule has 1 saturated heterocycles. The van der Waals surface area contributed by atoms with Crippen molar-refractivity contribution in [1.82, 2.24) is 14.5 Å². The number of nitrogens with zero attached hydrogens (tertiary/aromatic N) is 2. The SMILES string of the molecule is CCC[C@H]1NC(=O)N(CCOc2ccc(S(=O)(=O)N(C)C)cc2)C1=O. The topological polar surface area (TPSA) is 96.0 Å².